The highest BCUT2D eigenvalue weighted by molar-refractivity contribution is 5.85. The molecule has 1 N–H and O–H groups in total. The van der Waals surface area contributed by atoms with E-state index in [-0.39, 0.29) is 5.82 Å². The first-order valence-corrected chi connectivity index (χ1v) is 4.66. The van der Waals surface area contributed by atoms with Gasteiger partial charge >= 0.3 is 5.97 Å². The van der Waals surface area contributed by atoms with Crippen molar-refractivity contribution in [2.24, 2.45) is 0 Å². The second kappa shape index (κ2) is 4.62. The van der Waals surface area contributed by atoms with Crippen LogP contribution in [0.1, 0.15) is 24.5 Å². The van der Waals surface area contributed by atoms with Crippen LogP contribution in [-0.4, -0.2) is 28.6 Å². The number of aromatic nitrogens is 2. The van der Waals surface area contributed by atoms with Crippen LogP contribution in [0.4, 0.5) is 5.82 Å². The monoisotopic (exact) mass is 219 g/mol. The molecule has 0 aliphatic heterocycles. The number of carbonyl (C=O) groups excluding carboxylic acids is 1. The van der Waals surface area contributed by atoms with Crippen molar-refractivity contribution in [1.82, 2.24) is 9.97 Å². The molecule has 0 fully saturated rings. The SMILES string of the molecule is C#CC(C)(C)Nc1ccnc(C(=O)OC)n1. The average molecular weight is 219 g/mol. The van der Waals surface area contributed by atoms with E-state index in [1.54, 1.807) is 6.07 Å². The molecule has 0 spiro atoms. The maximum Gasteiger partial charge on any atom is 0.376 e. The fraction of sp³-hybridized carbons (Fsp3) is 0.364. The summed E-state index contributed by atoms with van der Waals surface area (Å²) in [5, 5.41) is 2.99. The second-order valence-corrected chi connectivity index (χ2v) is 3.65. The number of methoxy groups -OCH3 is 1. The summed E-state index contributed by atoms with van der Waals surface area (Å²) in [4.78, 5) is 19.0. The molecule has 1 aromatic heterocycles. The maximum absolute atomic E-state index is 11.2. The predicted octanol–water partition coefficient (Wildman–Crippen LogP) is 1.09. The van der Waals surface area contributed by atoms with Crippen LogP contribution in [0.5, 0.6) is 0 Å². The molecule has 84 valence electrons. The number of carbonyl (C=O) groups is 1. The lowest BCUT2D eigenvalue weighted by Gasteiger charge is -2.20. The van der Waals surface area contributed by atoms with Gasteiger partial charge in [0.05, 0.1) is 12.6 Å². The van der Waals surface area contributed by atoms with Crippen LogP contribution in [0.15, 0.2) is 12.3 Å². The van der Waals surface area contributed by atoms with E-state index in [0.717, 1.165) is 0 Å². The quantitative estimate of drug-likeness (QED) is 0.609. The standard InChI is InChI=1S/C11H13N3O2/c1-5-11(2,3)14-8-6-7-12-9(13-8)10(15)16-4/h1,6-7H,2-4H3,(H,12,13,14). The fourth-order valence-electron chi connectivity index (χ4n) is 0.974. The minimum atomic E-state index is -0.581. The summed E-state index contributed by atoms with van der Waals surface area (Å²) in [6.07, 6.45) is 6.80. The van der Waals surface area contributed by atoms with Gasteiger partial charge in [0.15, 0.2) is 0 Å². The zero-order valence-electron chi connectivity index (χ0n) is 9.44. The van der Waals surface area contributed by atoms with Gasteiger partial charge in [-0.05, 0) is 19.9 Å². The van der Waals surface area contributed by atoms with E-state index in [9.17, 15) is 4.79 Å². The molecule has 0 unspecified atom stereocenters. The van der Waals surface area contributed by atoms with Crippen molar-refractivity contribution < 1.29 is 9.53 Å². The smallest absolute Gasteiger partial charge is 0.376 e. The van der Waals surface area contributed by atoms with Crippen molar-refractivity contribution in [1.29, 1.82) is 0 Å². The first kappa shape index (κ1) is 12.0. The van der Waals surface area contributed by atoms with E-state index in [4.69, 9.17) is 6.42 Å². The van der Waals surface area contributed by atoms with Gasteiger partial charge in [-0.15, -0.1) is 6.42 Å². The van der Waals surface area contributed by atoms with Crippen LogP contribution in [0.2, 0.25) is 0 Å². The zero-order chi connectivity index (χ0) is 12.2. The van der Waals surface area contributed by atoms with Crippen LogP contribution in [0.3, 0.4) is 0 Å². The lowest BCUT2D eigenvalue weighted by atomic mass is 10.1. The van der Waals surface area contributed by atoms with Crippen molar-refractivity contribution in [3.63, 3.8) is 0 Å². The molecule has 0 radical (unpaired) electrons. The van der Waals surface area contributed by atoms with Crippen LogP contribution in [0, 0.1) is 12.3 Å². The Bertz CT molecular complexity index is 435. The lowest BCUT2D eigenvalue weighted by molar-refractivity contribution is 0.0587. The maximum atomic E-state index is 11.2. The normalized spacial score (nSPS) is 10.4. The summed E-state index contributed by atoms with van der Waals surface area (Å²) >= 11 is 0. The number of nitrogens with one attached hydrogen (secondary N) is 1. The van der Waals surface area contributed by atoms with Gasteiger partial charge < -0.3 is 10.1 Å². The predicted molar refractivity (Wildman–Crippen MR) is 59.9 cm³/mol. The van der Waals surface area contributed by atoms with Gasteiger partial charge in [0.1, 0.15) is 5.82 Å². The molecule has 1 heterocycles. The van der Waals surface area contributed by atoms with Gasteiger partial charge in [-0.1, -0.05) is 5.92 Å². The third-order valence-corrected chi connectivity index (χ3v) is 1.82. The molecule has 5 nitrogen and oxygen atoms in total. The topological polar surface area (TPSA) is 64.1 Å². The Balaban J connectivity index is 2.92. The molecule has 1 aromatic rings. The number of esters is 1. The number of ether oxygens (including phenoxy) is 1. The van der Waals surface area contributed by atoms with Crippen LogP contribution >= 0.6 is 0 Å². The Morgan fingerprint density at radius 3 is 2.88 bits per heavy atom. The van der Waals surface area contributed by atoms with E-state index in [1.165, 1.54) is 13.3 Å². The average Bonchev–Trinajstić information content (AvgIpc) is 2.28. The van der Waals surface area contributed by atoms with Gasteiger partial charge in [0.25, 0.3) is 0 Å². The highest BCUT2D eigenvalue weighted by Crippen LogP contribution is 2.11. The molecular formula is C11H13N3O2. The summed E-state index contributed by atoms with van der Waals surface area (Å²) in [5.41, 5.74) is -0.540. The molecule has 5 heteroatoms. The van der Waals surface area contributed by atoms with Gasteiger partial charge in [-0.2, -0.15) is 0 Å². The Labute approximate surface area is 94.2 Å². The number of rotatable bonds is 3. The largest absolute Gasteiger partial charge is 0.463 e. The lowest BCUT2D eigenvalue weighted by Crippen LogP contribution is -2.29. The van der Waals surface area contributed by atoms with Crippen molar-refractivity contribution in [2.75, 3.05) is 12.4 Å². The number of anilines is 1. The first-order chi connectivity index (χ1) is 7.48. The minimum absolute atomic E-state index is 0.000298. The Morgan fingerprint density at radius 2 is 2.31 bits per heavy atom. The molecule has 16 heavy (non-hydrogen) atoms. The van der Waals surface area contributed by atoms with Gasteiger partial charge in [-0.3, -0.25) is 0 Å². The number of nitrogens with zero attached hydrogens (tertiary/aromatic N) is 2. The third-order valence-electron chi connectivity index (χ3n) is 1.82. The Morgan fingerprint density at radius 1 is 1.62 bits per heavy atom. The molecule has 0 aliphatic carbocycles. The van der Waals surface area contributed by atoms with Crippen LogP contribution < -0.4 is 5.32 Å². The Kier molecular flexibility index (Phi) is 3.46. The molecule has 0 aromatic carbocycles. The summed E-state index contributed by atoms with van der Waals surface area (Å²) in [5.74, 6) is 2.47. The molecule has 0 saturated carbocycles. The van der Waals surface area contributed by atoms with Crippen molar-refractivity contribution in [3.05, 3.63) is 18.1 Å². The fourth-order valence-corrected chi connectivity index (χ4v) is 0.974. The number of terminal acetylenes is 1. The van der Waals surface area contributed by atoms with Crippen molar-refractivity contribution >= 4 is 11.8 Å². The van der Waals surface area contributed by atoms with Gasteiger partial charge in [-0.25, -0.2) is 14.8 Å². The highest BCUT2D eigenvalue weighted by Gasteiger charge is 2.15. The first-order valence-electron chi connectivity index (χ1n) is 4.66. The molecule has 0 aliphatic rings. The number of hydrogen-bond donors (Lipinski definition) is 1. The molecular weight excluding hydrogens is 206 g/mol. The summed E-state index contributed by atoms with van der Waals surface area (Å²) in [6.45, 7) is 3.65. The highest BCUT2D eigenvalue weighted by atomic mass is 16.5. The van der Waals surface area contributed by atoms with E-state index >= 15 is 0 Å². The van der Waals surface area contributed by atoms with E-state index in [2.05, 4.69) is 25.9 Å². The van der Waals surface area contributed by atoms with E-state index in [0.29, 0.717) is 5.82 Å². The van der Waals surface area contributed by atoms with Crippen LogP contribution in [-0.2, 0) is 4.74 Å². The molecule has 0 amide bonds. The van der Waals surface area contributed by atoms with E-state index in [1.807, 2.05) is 13.8 Å². The van der Waals surface area contributed by atoms with Crippen LogP contribution in [0.25, 0.3) is 0 Å². The summed E-state index contributed by atoms with van der Waals surface area (Å²) < 4.78 is 4.52. The third kappa shape index (κ3) is 2.95. The Hall–Kier alpha value is -2.09. The van der Waals surface area contributed by atoms with Gasteiger partial charge in [0, 0.05) is 6.20 Å². The molecule has 0 saturated heterocycles. The van der Waals surface area contributed by atoms with E-state index < -0.39 is 11.5 Å². The summed E-state index contributed by atoms with van der Waals surface area (Å²) in [6, 6.07) is 1.63. The van der Waals surface area contributed by atoms with Crippen molar-refractivity contribution in [2.45, 2.75) is 19.4 Å². The minimum Gasteiger partial charge on any atom is -0.463 e. The molecule has 0 bridgehead atoms. The second-order valence-electron chi connectivity index (χ2n) is 3.65. The summed E-state index contributed by atoms with van der Waals surface area (Å²) in [7, 11) is 1.27. The molecule has 0 atom stereocenters. The van der Waals surface area contributed by atoms with Gasteiger partial charge in [0.2, 0.25) is 5.82 Å². The zero-order valence-corrected chi connectivity index (χ0v) is 9.44. The molecule has 1 rings (SSSR count). The van der Waals surface area contributed by atoms with Crippen molar-refractivity contribution in [3.8, 4) is 12.3 Å². The number of hydrogen-bond acceptors (Lipinski definition) is 5.